The first-order valence-corrected chi connectivity index (χ1v) is 10.8. The lowest BCUT2D eigenvalue weighted by molar-refractivity contribution is -0.239. The number of carbonyl (C=O) groups excluding carboxylic acids is 1. The van der Waals surface area contributed by atoms with Gasteiger partial charge in [-0.15, -0.1) is 0 Å². The van der Waals surface area contributed by atoms with Crippen molar-refractivity contribution >= 4 is 11.7 Å². The van der Waals surface area contributed by atoms with Crippen molar-refractivity contribution < 1.29 is 23.7 Å². The predicted octanol–water partition coefficient (Wildman–Crippen LogP) is 3.34. The zero-order valence-corrected chi connectivity index (χ0v) is 18.5. The second-order valence-corrected chi connectivity index (χ2v) is 8.26. The first-order chi connectivity index (χ1) is 14.4. The van der Waals surface area contributed by atoms with Gasteiger partial charge in [-0.2, -0.15) is 5.10 Å². The van der Waals surface area contributed by atoms with Gasteiger partial charge in [-0.3, -0.25) is 9.80 Å². The number of methoxy groups -OCH3 is 1. The number of benzene rings is 1. The fourth-order valence-electron chi connectivity index (χ4n) is 4.12. The van der Waals surface area contributed by atoms with Crippen LogP contribution in [-0.2, 0) is 23.7 Å². The topological polar surface area (TPSA) is 69.6 Å². The predicted molar refractivity (Wildman–Crippen MR) is 114 cm³/mol. The van der Waals surface area contributed by atoms with E-state index in [-0.39, 0.29) is 30.5 Å². The molecule has 0 radical (unpaired) electrons. The monoisotopic (exact) mass is 418 g/mol. The van der Waals surface area contributed by atoms with Crippen LogP contribution in [0.25, 0.3) is 0 Å². The minimum atomic E-state index is -0.762. The molecule has 166 valence electrons. The molecule has 0 spiro atoms. The Bertz CT molecular complexity index is 722. The summed E-state index contributed by atoms with van der Waals surface area (Å²) in [5.41, 5.74) is 1.83. The molecule has 1 aromatic rings. The van der Waals surface area contributed by atoms with Crippen molar-refractivity contribution in [3.63, 3.8) is 0 Å². The summed E-state index contributed by atoms with van der Waals surface area (Å²) in [4.78, 5) is 12.4. The van der Waals surface area contributed by atoms with Crippen LogP contribution in [0.3, 0.4) is 0 Å². The van der Waals surface area contributed by atoms with Gasteiger partial charge in [-0.25, -0.2) is 0 Å². The molecule has 7 nitrogen and oxygen atoms in total. The molecule has 2 heterocycles. The number of ether oxygens (including phenoxy) is 4. The van der Waals surface area contributed by atoms with E-state index in [1.54, 1.807) is 7.11 Å². The van der Waals surface area contributed by atoms with Gasteiger partial charge < -0.3 is 18.9 Å². The molecule has 3 rings (SSSR count). The fourth-order valence-corrected chi connectivity index (χ4v) is 4.12. The Morgan fingerprint density at radius 3 is 2.80 bits per heavy atom. The number of esters is 1. The van der Waals surface area contributed by atoms with Gasteiger partial charge in [-0.1, -0.05) is 30.3 Å². The minimum absolute atomic E-state index is 0.212. The molecular formula is C23H34N2O5. The van der Waals surface area contributed by atoms with Crippen molar-refractivity contribution in [2.24, 2.45) is 5.10 Å². The highest BCUT2D eigenvalue weighted by Crippen LogP contribution is 2.34. The molecule has 0 bridgehead atoms. The third-order valence-electron chi connectivity index (χ3n) is 5.55. The van der Waals surface area contributed by atoms with Crippen LogP contribution in [0.5, 0.6) is 0 Å². The molecular weight excluding hydrogens is 384 g/mol. The molecule has 0 aromatic heterocycles. The SMILES string of the molecule is CCOC(=O)C[C@@H](c1ccccc1)[C@@H]1OC(C)(C)OC/C1=N\N1CCC[C@H]1COC. The van der Waals surface area contributed by atoms with Crippen LogP contribution < -0.4 is 0 Å². The summed E-state index contributed by atoms with van der Waals surface area (Å²) in [7, 11) is 1.71. The van der Waals surface area contributed by atoms with Crippen LogP contribution >= 0.6 is 0 Å². The van der Waals surface area contributed by atoms with Crippen LogP contribution in [0.1, 0.15) is 51.5 Å². The van der Waals surface area contributed by atoms with Gasteiger partial charge in [0, 0.05) is 19.6 Å². The molecule has 0 unspecified atom stereocenters. The summed E-state index contributed by atoms with van der Waals surface area (Å²) in [5, 5.41) is 7.04. The third-order valence-corrected chi connectivity index (χ3v) is 5.55. The minimum Gasteiger partial charge on any atom is -0.466 e. The Labute approximate surface area is 179 Å². The highest BCUT2D eigenvalue weighted by Gasteiger charge is 2.41. The van der Waals surface area contributed by atoms with Gasteiger partial charge in [0.05, 0.1) is 38.0 Å². The molecule has 2 aliphatic rings. The van der Waals surface area contributed by atoms with E-state index in [1.807, 2.05) is 51.1 Å². The lowest BCUT2D eigenvalue weighted by Crippen LogP contribution is -2.50. The number of hydrogen-bond donors (Lipinski definition) is 0. The second-order valence-electron chi connectivity index (χ2n) is 8.26. The van der Waals surface area contributed by atoms with Gasteiger partial charge in [0.25, 0.3) is 0 Å². The third kappa shape index (κ3) is 5.80. The summed E-state index contributed by atoms with van der Waals surface area (Å²) < 4.78 is 22.9. The van der Waals surface area contributed by atoms with Crippen molar-refractivity contribution in [1.82, 2.24) is 5.01 Å². The lowest BCUT2D eigenvalue weighted by Gasteiger charge is -2.41. The summed E-state index contributed by atoms with van der Waals surface area (Å²) in [5.74, 6) is -1.21. The number of rotatable bonds is 8. The Morgan fingerprint density at radius 2 is 2.10 bits per heavy atom. The molecule has 0 N–H and O–H groups in total. The van der Waals surface area contributed by atoms with E-state index < -0.39 is 5.79 Å². The standard InChI is InChI=1S/C23H34N2O5/c1-5-28-21(26)14-19(17-10-7-6-8-11-17)22-20(16-29-23(2,3)30-22)24-25-13-9-12-18(25)15-27-4/h6-8,10-11,18-19,22H,5,9,12-16H2,1-4H3/b24-20+/t18-,19-,22-/m0/s1. The van der Waals surface area contributed by atoms with Crippen molar-refractivity contribution in [2.75, 3.05) is 33.5 Å². The van der Waals surface area contributed by atoms with Crippen molar-refractivity contribution in [2.45, 2.75) is 63.9 Å². The van der Waals surface area contributed by atoms with E-state index in [0.717, 1.165) is 30.7 Å². The average molecular weight is 419 g/mol. The maximum atomic E-state index is 12.4. The molecule has 0 amide bonds. The Hall–Kier alpha value is -1.96. The Kier molecular flexibility index (Phi) is 7.86. The molecule has 2 saturated heterocycles. The van der Waals surface area contributed by atoms with E-state index in [4.69, 9.17) is 24.0 Å². The molecule has 2 fully saturated rings. The van der Waals surface area contributed by atoms with E-state index in [9.17, 15) is 4.79 Å². The first kappa shape index (κ1) is 22.7. The summed E-state index contributed by atoms with van der Waals surface area (Å²) in [6, 6.07) is 10.2. The number of hydrogen-bond acceptors (Lipinski definition) is 7. The van der Waals surface area contributed by atoms with E-state index in [1.165, 1.54) is 0 Å². The molecule has 2 aliphatic heterocycles. The van der Waals surface area contributed by atoms with Crippen molar-refractivity contribution in [1.29, 1.82) is 0 Å². The lowest BCUT2D eigenvalue weighted by atomic mass is 9.87. The quantitative estimate of drug-likeness (QED) is 0.603. The zero-order valence-electron chi connectivity index (χ0n) is 18.5. The highest BCUT2D eigenvalue weighted by atomic mass is 16.7. The van der Waals surface area contributed by atoms with Crippen molar-refractivity contribution in [3.05, 3.63) is 35.9 Å². The molecule has 1 aromatic carbocycles. The Balaban J connectivity index is 1.93. The van der Waals surface area contributed by atoms with Gasteiger partial charge in [0.2, 0.25) is 0 Å². The number of nitrogens with zero attached hydrogens (tertiary/aromatic N) is 2. The summed E-state index contributed by atoms with van der Waals surface area (Å²) in [6.07, 6.45) is 1.96. The largest absolute Gasteiger partial charge is 0.466 e. The van der Waals surface area contributed by atoms with Crippen LogP contribution in [-0.4, -0.2) is 68.1 Å². The smallest absolute Gasteiger partial charge is 0.306 e. The summed E-state index contributed by atoms with van der Waals surface area (Å²) >= 11 is 0. The maximum absolute atomic E-state index is 12.4. The second kappa shape index (κ2) is 10.4. The summed E-state index contributed by atoms with van der Waals surface area (Å²) in [6.45, 7) is 7.84. The molecule has 0 aliphatic carbocycles. The molecule has 30 heavy (non-hydrogen) atoms. The maximum Gasteiger partial charge on any atom is 0.306 e. The van der Waals surface area contributed by atoms with Crippen LogP contribution in [0.15, 0.2) is 35.4 Å². The molecule has 7 heteroatoms. The zero-order chi connectivity index (χ0) is 21.6. The van der Waals surface area contributed by atoms with E-state index in [2.05, 4.69) is 5.01 Å². The fraction of sp³-hybridized carbons (Fsp3) is 0.652. The van der Waals surface area contributed by atoms with E-state index >= 15 is 0 Å². The Morgan fingerprint density at radius 1 is 1.33 bits per heavy atom. The highest BCUT2D eigenvalue weighted by molar-refractivity contribution is 5.92. The number of hydrazone groups is 1. The first-order valence-electron chi connectivity index (χ1n) is 10.8. The van der Waals surface area contributed by atoms with E-state index in [0.29, 0.717) is 19.8 Å². The normalized spacial score (nSPS) is 26.0. The molecule has 0 saturated carbocycles. The van der Waals surface area contributed by atoms with Crippen LogP contribution in [0.2, 0.25) is 0 Å². The van der Waals surface area contributed by atoms with Gasteiger partial charge >= 0.3 is 5.97 Å². The van der Waals surface area contributed by atoms with Gasteiger partial charge in [0.15, 0.2) is 5.79 Å². The van der Waals surface area contributed by atoms with Crippen LogP contribution in [0, 0.1) is 0 Å². The molecule has 3 atom stereocenters. The van der Waals surface area contributed by atoms with Gasteiger partial charge in [-0.05, 0) is 39.2 Å². The number of carbonyl (C=O) groups is 1. The van der Waals surface area contributed by atoms with Crippen LogP contribution in [0.4, 0.5) is 0 Å². The van der Waals surface area contributed by atoms with Gasteiger partial charge in [0.1, 0.15) is 6.10 Å². The van der Waals surface area contributed by atoms with Crippen molar-refractivity contribution in [3.8, 4) is 0 Å². The average Bonchev–Trinajstić information content (AvgIpc) is 3.15.